The molecule has 0 unspecified atom stereocenters. The first-order valence-electron chi connectivity index (χ1n) is 4.89. The van der Waals surface area contributed by atoms with Gasteiger partial charge in [-0.25, -0.2) is 9.89 Å². The third kappa shape index (κ3) is 2.14. The van der Waals surface area contributed by atoms with Crippen LogP contribution in [0.5, 0.6) is 0 Å². The smallest absolute Gasteiger partial charge is 0.358 e. The van der Waals surface area contributed by atoms with Crippen LogP contribution in [-0.4, -0.2) is 29.2 Å². The van der Waals surface area contributed by atoms with E-state index in [9.17, 15) is 14.9 Å². The molecule has 2 aromatic heterocycles. The van der Waals surface area contributed by atoms with Crippen LogP contribution in [-0.2, 0) is 19.8 Å². The average Bonchev–Trinajstić information content (AvgIpc) is 2.83. The highest BCUT2D eigenvalue weighted by Crippen LogP contribution is 2.24. The van der Waals surface area contributed by atoms with Gasteiger partial charge in [-0.05, 0) is 9.91 Å². The van der Waals surface area contributed by atoms with Crippen LogP contribution in [0, 0.1) is 10.1 Å². The Bertz CT molecular complexity index is 642. The monoisotopic (exact) mass is 270 g/mol. The molecule has 2 aromatic rings. The van der Waals surface area contributed by atoms with Crippen molar-refractivity contribution in [1.82, 2.24) is 24.3 Å². The van der Waals surface area contributed by atoms with Gasteiger partial charge in [-0.2, -0.15) is 0 Å². The van der Waals surface area contributed by atoms with Crippen LogP contribution in [0.1, 0.15) is 5.69 Å². The van der Waals surface area contributed by atoms with Gasteiger partial charge in [-0.1, -0.05) is 11.8 Å². The van der Waals surface area contributed by atoms with Crippen molar-refractivity contribution in [1.29, 1.82) is 0 Å². The SMILES string of the molecule is Cn1cnc([N+](=O)[O-])c1CSc1n[nH]c(=O)n1C. The van der Waals surface area contributed by atoms with Gasteiger partial charge in [0.2, 0.25) is 6.33 Å². The maximum absolute atomic E-state index is 11.1. The highest BCUT2D eigenvalue weighted by atomic mass is 32.2. The summed E-state index contributed by atoms with van der Waals surface area (Å²) in [6, 6.07) is 0. The molecule has 0 aliphatic carbocycles. The van der Waals surface area contributed by atoms with Crippen LogP contribution in [0.3, 0.4) is 0 Å². The number of nitrogens with zero attached hydrogens (tertiary/aromatic N) is 5. The van der Waals surface area contributed by atoms with Crippen molar-refractivity contribution in [2.45, 2.75) is 10.9 Å². The van der Waals surface area contributed by atoms with Crippen molar-refractivity contribution in [2.75, 3.05) is 0 Å². The van der Waals surface area contributed by atoms with Gasteiger partial charge >= 0.3 is 11.5 Å². The van der Waals surface area contributed by atoms with Crippen molar-refractivity contribution in [3.05, 3.63) is 32.6 Å². The van der Waals surface area contributed by atoms with E-state index in [4.69, 9.17) is 0 Å². The number of hydrogen-bond donors (Lipinski definition) is 1. The summed E-state index contributed by atoms with van der Waals surface area (Å²) in [5.74, 6) is 0.135. The summed E-state index contributed by atoms with van der Waals surface area (Å²) in [6.07, 6.45) is 1.39. The molecular formula is C8H10N6O3S. The summed E-state index contributed by atoms with van der Waals surface area (Å²) in [5, 5.41) is 17.3. The first-order valence-corrected chi connectivity index (χ1v) is 5.88. The number of hydrogen-bond acceptors (Lipinski definition) is 6. The van der Waals surface area contributed by atoms with Gasteiger partial charge in [0.25, 0.3) is 0 Å². The predicted molar refractivity (Wildman–Crippen MR) is 63.3 cm³/mol. The van der Waals surface area contributed by atoms with Gasteiger partial charge < -0.3 is 14.7 Å². The summed E-state index contributed by atoms with van der Waals surface area (Å²) in [4.78, 5) is 25.1. The van der Waals surface area contributed by atoms with Crippen molar-refractivity contribution in [3.8, 4) is 0 Å². The third-order valence-corrected chi connectivity index (χ3v) is 3.43. The van der Waals surface area contributed by atoms with Gasteiger partial charge in [0.05, 0.1) is 5.75 Å². The van der Waals surface area contributed by atoms with Crippen LogP contribution in [0.2, 0.25) is 0 Å². The second-order valence-electron chi connectivity index (χ2n) is 3.54. The van der Waals surface area contributed by atoms with Crippen LogP contribution in [0.25, 0.3) is 0 Å². The van der Waals surface area contributed by atoms with E-state index in [2.05, 4.69) is 15.2 Å². The summed E-state index contributed by atoms with van der Waals surface area (Å²) >= 11 is 1.23. The molecule has 2 heterocycles. The standard InChI is InChI=1S/C8H10N6O3S/c1-12-4-9-6(14(16)17)5(12)3-18-8-11-10-7(15)13(8)2/h4H,3H2,1-2H3,(H,10,15). The number of H-pyrrole nitrogens is 1. The largest absolute Gasteiger partial charge is 0.385 e. The molecule has 0 aliphatic heterocycles. The Labute approximate surface area is 105 Å². The molecule has 9 nitrogen and oxygen atoms in total. The normalized spacial score (nSPS) is 10.8. The van der Waals surface area contributed by atoms with E-state index in [0.29, 0.717) is 16.6 Å². The predicted octanol–water partition coefficient (Wildman–Crippen LogP) is 0.0424. The lowest BCUT2D eigenvalue weighted by Crippen LogP contribution is -2.13. The topological polar surface area (TPSA) is 112 Å². The highest BCUT2D eigenvalue weighted by molar-refractivity contribution is 7.98. The van der Waals surface area contributed by atoms with E-state index in [1.165, 1.54) is 22.7 Å². The van der Waals surface area contributed by atoms with Crippen LogP contribution >= 0.6 is 11.8 Å². The number of aromatic amines is 1. The highest BCUT2D eigenvalue weighted by Gasteiger charge is 2.20. The molecular weight excluding hydrogens is 260 g/mol. The maximum Gasteiger partial charge on any atom is 0.385 e. The number of thioether (sulfide) groups is 1. The molecule has 96 valence electrons. The number of aryl methyl sites for hydroxylation is 1. The molecule has 1 N–H and O–H groups in total. The molecule has 10 heteroatoms. The lowest BCUT2D eigenvalue weighted by atomic mass is 10.5. The van der Waals surface area contributed by atoms with Gasteiger partial charge in [-0.15, -0.1) is 5.10 Å². The molecule has 0 amide bonds. The molecule has 0 saturated heterocycles. The van der Waals surface area contributed by atoms with E-state index in [-0.39, 0.29) is 11.5 Å². The first-order chi connectivity index (χ1) is 8.50. The van der Waals surface area contributed by atoms with Gasteiger partial charge in [-0.3, -0.25) is 4.57 Å². The Kier molecular flexibility index (Phi) is 3.19. The van der Waals surface area contributed by atoms with E-state index in [0.717, 1.165) is 0 Å². The molecule has 0 fully saturated rings. The zero-order chi connectivity index (χ0) is 13.3. The summed E-state index contributed by atoms with van der Waals surface area (Å²) in [5.41, 5.74) is 0.150. The fourth-order valence-corrected chi connectivity index (χ4v) is 2.34. The Hall–Kier alpha value is -2.10. The number of nitro groups is 1. The van der Waals surface area contributed by atoms with E-state index in [1.807, 2.05) is 0 Å². The molecule has 2 rings (SSSR count). The molecule has 0 aliphatic rings. The molecule has 0 atom stereocenters. The lowest BCUT2D eigenvalue weighted by molar-refractivity contribution is -0.390. The zero-order valence-electron chi connectivity index (χ0n) is 9.65. The van der Waals surface area contributed by atoms with Gasteiger partial charge in [0.15, 0.2) is 5.16 Å². The molecule has 0 bridgehead atoms. The van der Waals surface area contributed by atoms with E-state index < -0.39 is 4.92 Å². The fourth-order valence-electron chi connectivity index (χ4n) is 1.36. The average molecular weight is 270 g/mol. The number of imidazole rings is 1. The number of rotatable bonds is 4. The zero-order valence-corrected chi connectivity index (χ0v) is 10.5. The molecule has 18 heavy (non-hydrogen) atoms. The Morgan fingerprint density at radius 3 is 2.83 bits per heavy atom. The van der Waals surface area contributed by atoms with E-state index in [1.54, 1.807) is 18.7 Å². The van der Waals surface area contributed by atoms with Crippen molar-refractivity contribution in [3.63, 3.8) is 0 Å². The minimum atomic E-state index is -0.528. The second-order valence-corrected chi connectivity index (χ2v) is 4.48. The van der Waals surface area contributed by atoms with Gasteiger partial charge in [0, 0.05) is 14.1 Å². The first kappa shape index (κ1) is 12.4. The van der Waals surface area contributed by atoms with Crippen LogP contribution < -0.4 is 5.69 Å². The van der Waals surface area contributed by atoms with Crippen molar-refractivity contribution < 1.29 is 4.92 Å². The van der Waals surface area contributed by atoms with Gasteiger partial charge in [0.1, 0.15) is 5.69 Å². The lowest BCUT2D eigenvalue weighted by Gasteiger charge is -2.01. The second kappa shape index (κ2) is 4.64. The van der Waals surface area contributed by atoms with E-state index >= 15 is 0 Å². The molecule has 0 aromatic carbocycles. The Balaban J connectivity index is 2.20. The molecule has 0 spiro atoms. The minimum Gasteiger partial charge on any atom is -0.358 e. The van der Waals surface area contributed by atoms with Crippen molar-refractivity contribution in [2.24, 2.45) is 14.1 Å². The minimum absolute atomic E-state index is 0.175. The maximum atomic E-state index is 11.1. The third-order valence-electron chi connectivity index (χ3n) is 2.39. The molecule has 0 saturated carbocycles. The summed E-state index contributed by atoms with van der Waals surface area (Å²) in [6.45, 7) is 0. The molecule has 0 radical (unpaired) electrons. The summed E-state index contributed by atoms with van der Waals surface area (Å²) in [7, 11) is 3.26. The van der Waals surface area contributed by atoms with Crippen LogP contribution in [0.4, 0.5) is 5.82 Å². The van der Waals surface area contributed by atoms with Crippen molar-refractivity contribution >= 4 is 17.6 Å². The number of aromatic nitrogens is 5. The quantitative estimate of drug-likeness (QED) is 0.477. The number of nitrogens with one attached hydrogen (secondary N) is 1. The van der Waals surface area contributed by atoms with Crippen LogP contribution in [0.15, 0.2) is 16.3 Å². The fraction of sp³-hybridized carbons (Fsp3) is 0.375. The Morgan fingerprint density at radius 2 is 2.28 bits per heavy atom. The Morgan fingerprint density at radius 1 is 1.56 bits per heavy atom. The summed E-state index contributed by atoms with van der Waals surface area (Å²) < 4.78 is 2.92.